The van der Waals surface area contributed by atoms with Crippen molar-refractivity contribution in [2.24, 2.45) is 0 Å². The molecule has 0 spiro atoms. The third-order valence-corrected chi connectivity index (χ3v) is 2.10. The van der Waals surface area contributed by atoms with Gasteiger partial charge in [-0.3, -0.25) is 4.79 Å². The summed E-state index contributed by atoms with van der Waals surface area (Å²) in [6.07, 6.45) is 0.653. The smallest absolute Gasteiger partial charge is 0.159 e. The standard InChI is InChI=1S/C13H14FNO/c1-10(16)11-6-7-13(14)12(9-11)5-3-4-8-15-2/h6-7,9,15H,4,8H2,1-2H3. The molecule has 0 bridgehead atoms. The van der Waals surface area contributed by atoms with E-state index in [-0.39, 0.29) is 17.2 Å². The number of hydrogen-bond acceptors (Lipinski definition) is 2. The van der Waals surface area contributed by atoms with Crippen molar-refractivity contribution in [3.63, 3.8) is 0 Å². The van der Waals surface area contributed by atoms with Crippen LogP contribution in [0.4, 0.5) is 4.39 Å². The monoisotopic (exact) mass is 219 g/mol. The van der Waals surface area contributed by atoms with Crippen LogP contribution in [0, 0.1) is 17.7 Å². The molecule has 1 aromatic carbocycles. The van der Waals surface area contributed by atoms with Gasteiger partial charge in [-0.05, 0) is 32.2 Å². The molecule has 0 radical (unpaired) electrons. The third kappa shape index (κ3) is 3.48. The first-order chi connectivity index (χ1) is 7.65. The van der Waals surface area contributed by atoms with Crippen LogP contribution in [-0.2, 0) is 0 Å². The maximum absolute atomic E-state index is 13.3. The Bertz CT molecular complexity index is 443. The molecule has 0 aliphatic carbocycles. The molecular weight excluding hydrogens is 205 g/mol. The second kappa shape index (κ2) is 6.04. The Morgan fingerprint density at radius 2 is 2.25 bits per heavy atom. The minimum absolute atomic E-state index is 0.0849. The molecule has 16 heavy (non-hydrogen) atoms. The van der Waals surface area contributed by atoms with Crippen LogP contribution in [0.25, 0.3) is 0 Å². The van der Waals surface area contributed by atoms with Gasteiger partial charge in [0.25, 0.3) is 0 Å². The minimum Gasteiger partial charge on any atom is -0.319 e. The van der Waals surface area contributed by atoms with Crippen molar-refractivity contribution < 1.29 is 9.18 Å². The van der Waals surface area contributed by atoms with Gasteiger partial charge in [-0.25, -0.2) is 4.39 Å². The van der Waals surface area contributed by atoms with Crippen LogP contribution in [0.5, 0.6) is 0 Å². The van der Waals surface area contributed by atoms with E-state index in [0.29, 0.717) is 12.0 Å². The number of nitrogens with one attached hydrogen (secondary N) is 1. The average molecular weight is 219 g/mol. The first-order valence-electron chi connectivity index (χ1n) is 5.09. The number of benzene rings is 1. The van der Waals surface area contributed by atoms with Gasteiger partial charge in [0.2, 0.25) is 0 Å². The van der Waals surface area contributed by atoms with Gasteiger partial charge in [-0.1, -0.05) is 11.8 Å². The predicted octanol–water partition coefficient (Wildman–Crippen LogP) is 1.99. The fourth-order valence-corrected chi connectivity index (χ4v) is 1.19. The molecular formula is C13H14FNO. The third-order valence-electron chi connectivity index (χ3n) is 2.10. The van der Waals surface area contributed by atoms with Gasteiger partial charge >= 0.3 is 0 Å². The van der Waals surface area contributed by atoms with E-state index in [1.165, 1.54) is 25.1 Å². The SMILES string of the molecule is CNCCC#Cc1cc(C(C)=O)ccc1F. The molecule has 0 saturated heterocycles. The summed E-state index contributed by atoms with van der Waals surface area (Å²) in [5.74, 6) is 5.10. The quantitative estimate of drug-likeness (QED) is 0.478. The van der Waals surface area contributed by atoms with Gasteiger partial charge in [-0.15, -0.1) is 0 Å². The lowest BCUT2D eigenvalue weighted by atomic mass is 10.1. The number of ketones is 1. The zero-order valence-electron chi connectivity index (χ0n) is 9.43. The summed E-state index contributed by atoms with van der Waals surface area (Å²) in [4.78, 5) is 11.1. The summed E-state index contributed by atoms with van der Waals surface area (Å²) >= 11 is 0. The van der Waals surface area contributed by atoms with Crippen molar-refractivity contribution in [3.8, 4) is 11.8 Å². The maximum Gasteiger partial charge on any atom is 0.159 e. The molecule has 0 aliphatic rings. The lowest BCUT2D eigenvalue weighted by Crippen LogP contribution is -2.05. The van der Waals surface area contributed by atoms with Crippen molar-refractivity contribution in [1.82, 2.24) is 5.32 Å². The lowest BCUT2D eigenvalue weighted by molar-refractivity contribution is 0.101. The first kappa shape index (κ1) is 12.4. The molecule has 0 unspecified atom stereocenters. The fraction of sp³-hybridized carbons (Fsp3) is 0.308. The van der Waals surface area contributed by atoms with Crippen LogP contribution in [0.15, 0.2) is 18.2 Å². The van der Waals surface area contributed by atoms with Crippen LogP contribution in [-0.4, -0.2) is 19.4 Å². The van der Waals surface area contributed by atoms with Crippen LogP contribution >= 0.6 is 0 Å². The molecule has 1 N–H and O–H groups in total. The molecule has 0 saturated carbocycles. The molecule has 0 aromatic heterocycles. The van der Waals surface area contributed by atoms with Crippen LogP contribution in [0.2, 0.25) is 0 Å². The number of rotatable bonds is 3. The zero-order chi connectivity index (χ0) is 12.0. The highest BCUT2D eigenvalue weighted by Gasteiger charge is 2.03. The van der Waals surface area contributed by atoms with Gasteiger partial charge in [0.05, 0.1) is 5.56 Å². The summed E-state index contributed by atoms with van der Waals surface area (Å²) in [5, 5.41) is 2.95. The van der Waals surface area contributed by atoms with Crippen LogP contribution in [0.1, 0.15) is 29.3 Å². The number of hydrogen-bond donors (Lipinski definition) is 1. The second-order valence-corrected chi connectivity index (χ2v) is 3.41. The molecule has 0 atom stereocenters. The molecule has 0 heterocycles. The van der Waals surface area contributed by atoms with Crippen molar-refractivity contribution in [2.45, 2.75) is 13.3 Å². The number of Topliss-reactive ketones (excluding diaryl/α,β-unsaturated/α-hetero) is 1. The van der Waals surface area contributed by atoms with E-state index in [0.717, 1.165) is 6.54 Å². The topological polar surface area (TPSA) is 29.1 Å². The first-order valence-corrected chi connectivity index (χ1v) is 5.09. The van der Waals surface area contributed by atoms with Gasteiger partial charge < -0.3 is 5.32 Å². The minimum atomic E-state index is -0.387. The highest BCUT2D eigenvalue weighted by atomic mass is 19.1. The Kier molecular flexibility index (Phi) is 4.68. The molecule has 0 amide bonds. The normalized spacial score (nSPS) is 9.44. The Labute approximate surface area is 94.9 Å². The molecule has 3 heteroatoms. The van der Waals surface area contributed by atoms with E-state index < -0.39 is 0 Å². The Morgan fingerprint density at radius 3 is 2.88 bits per heavy atom. The summed E-state index contributed by atoms with van der Waals surface area (Å²) < 4.78 is 13.3. The maximum atomic E-state index is 13.3. The largest absolute Gasteiger partial charge is 0.319 e. The van der Waals surface area contributed by atoms with Crippen LogP contribution in [0.3, 0.4) is 0 Å². The van der Waals surface area contributed by atoms with Crippen molar-refractivity contribution in [1.29, 1.82) is 0 Å². The van der Waals surface area contributed by atoms with E-state index in [9.17, 15) is 9.18 Å². The summed E-state index contributed by atoms with van der Waals surface area (Å²) in [6, 6.07) is 4.24. The lowest BCUT2D eigenvalue weighted by Gasteiger charge is -1.98. The van der Waals surface area contributed by atoms with Gasteiger partial charge in [0, 0.05) is 18.5 Å². The molecule has 1 rings (SSSR count). The summed E-state index contributed by atoms with van der Waals surface area (Å²) in [5.41, 5.74) is 0.767. The fourth-order valence-electron chi connectivity index (χ4n) is 1.19. The highest BCUT2D eigenvalue weighted by Crippen LogP contribution is 2.10. The van der Waals surface area contributed by atoms with Crippen molar-refractivity contribution in [2.75, 3.05) is 13.6 Å². The molecule has 84 valence electrons. The van der Waals surface area contributed by atoms with E-state index >= 15 is 0 Å². The average Bonchev–Trinajstić information content (AvgIpc) is 2.26. The molecule has 0 fully saturated rings. The summed E-state index contributed by atoms with van der Waals surface area (Å²) in [7, 11) is 1.83. The highest BCUT2D eigenvalue weighted by molar-refractivity contribution is 5.94. The molecule has 0 aliphatic heterocycles. The van der Waals surface area contributed by atoms with Crippen molar-refractivity contribution >= 4 is 5.78 Å². The Morgan fingerprint density at radius 1 is 1.50 bits per heavy atom. The van der Waals surface area contributed by atoms with Gasteiger partial charge in [0.1, 0.15) is 5.82 Å². The van der Waals surface area contributed by atoms with E-state index in [4.69, 9.17) is 0 Å². The predicted molar refractivity (Wildman–Crippen MR) is 61.8 cm³/mol. The van der Waals surface area contributed by atoms with Crippen molar-refractivity contribution in [3.05, 3.63) is 35.1 Å². The number of carbonyl (C=O) groups excluding carboxylic acids is 1. The Balaban J connectivity index is 2.88. The van der Waals surface area contributed by atoms with E-state index in [1.54, 1.807) is 0 Å². The van der Waals surface area contributed by atoms with Crippen LogP contribution < -0.4 is 5.32 Å². The number of halogens is 1. The van der Waals surface area contributed by atoms with E-state index in [1.807, 2.05) is 7.05 Å². The Hall–Kier alpha value is -1.66. The van der Waals surface area contributed by atoms with E-state index in [2.05, 4.69) is 17.2 Å². The molecule has 2 nitrogen and oxygen atoms in total. The number of carbonyl (C=O) groups is 1. The van der Waals surface area contributed by atoms with Gasteiger partial charge in [-0.2, -0.15) is 0 Å². The molecule has 1 aromatic rings. The second-order valence-electron chi connectivity index (χ2n) is 3.41. The zero-order valence-corrected chi connectivity index (χ0v) is 9.43. The van der Waals surface area contributed by atoms with Gasteiger partial charge in [0.15, 0.2) is 5.78 Å². The summed E-state index contributed by atoms with van der Waals surface area (Å²) in [6.45, 7) is 2.21.